The number of methoxy groups -OCH3 is 1. The minimum atomic E-state index is -2.97. The molecule has 2 N–H and O–H groups in total. The van der Waals surface area contributed by atoms with Crippen LogP contribution >= 0.6 is 0 Å². The van der Waals surface area contributed by atoms with Gasteiger partial charge in [0.2, 0.25) is 0 Å². The number of hydrogen-bond acceptors (Lipinski definition) is 4. The topological polar surface area (TPSA) is 79.8 Å². The van der Waals surface area contributed by atoms with Gasteiger partial charge >= 0.3 is 0 Å². The van der Waals surface area contributed by atoms with Crippen molar-refractivity contribution in [3.63, 3.8) is 0 Å². The Kier molecular flexibility index (Phi) is 8.60. The molecule has 0 aromatic heterocycles. The molecule has 1 aromatic carbocycles. The summed E-state index contributed by atoms with van der Waals surface area (Å²) in [5, 5.41) is 6.17. The van der Waals surface area contributed by atoms with Crippen molar-refractivity contribution >= 4 is 15.8 Å². The molecule has 6 nitrogen and oxygen atoms in total. The molecule has 0 bridgehead atoms. The first-order chi connectivity index (χ1) is 11.4. The summed E-state index contributed by atoms with van der Waals surface area (Å²) in [5.41, 5.74) is 1.25. The molecule has 24 heavy (non-hydrogen) atoms. The number of sulfone groups is 1. The lowest BCUT2D eigenvalue weighted by Crippen LogP contribution is -2.39. The van der Waals surface area contributed by atoms with E-state index in [9.17, 15) is 8.42 Å². The van der Waals surface area contributed by atoms with E-state index < -0.39 is 9.84 Å². The predicted octanol–water partition coefficient (Wildman–Crippen LogP) is 1.79. The summed E-state index contributed by atoms with van der Waals surface area (Å²) in [7, 11) is -1.31. The van der Waals surface area contributed by atoms with Gasteiger partial charge in [0.15, 0.2) is 5.96 Å². The van der Waals surface area contributed by atoms with Crippen molar-refractivity contribution in [3.05, 3.63) is 29.8 Å². The van der Waals surface area contributed by atoms with Crippen molar-refractivity contribution in [2.75, 3.05) is 38.8 Å². The zero-order valence-electron chi connectivity index (χ0n) is 15.0. The molecule has 0 aliphatic carbocycles. The van der Waals surface area contributed by atoms with Crippen molar-refractivity contribution in [3.8, 4) is 5.75 Å². The van der Waals surface area contributed by atoms with Gasteiger partial charge in [-0.15, -0.1) is 0 Å². The zero-order chi connectivity index (χ0) is 18.0. The average Bonchev–Trinajstić information content (AvgIpc) is 2.53. The molecule has 1 unspecified atom stereocenters. The Bertz CT molecular complexity index is 612. The lowest BCUT2D eigenvalue weighted by Gasteiger charge is -2.13. The van der Waals surface area contributed by atoms with Gasteiger partial charge in [-0.3, -0.25) is 4.99 Å². The smallest absolute Gasteiger partial charge is 0.191 e. The summed E-state index contributed by atoms with van der Waals surface area (Å²) in [6.45, 7) is 5.91. The van der Waals surface area contributed by atoms with E-state index in [1.54, 1.807) is 7.11 Å². The van der Waals surface area contributed by atoms with E-state index in [1.165, 1.54) is 11.8 Å². The molecule has 0 saturated heterocycles. The maximum Gasteiger partial charge on any atom is 0.191 e. The molecule has 0 aliphatic rings. The summed E-state index contributed by atoms with van der Waals surface area (Å²) in [4.78, 5) is 4.51. The Balaban J connectivity index is 2.49. The van der Waals surface area contributed by atoms with Crippen molar-refractivity contribution in [2.24, 2.45) is 4.99 Å². The summed E-state index contributed by atoms with van der Waals surface area (Å²) >= 11 is 0. The number of ether oxygens (including phenoxy) is 1. The lowest BCUT2D eigenvalue weighted by molar-refractivity contribution is 0.414. The summed E-state index contributed by atoms with van der Waals surface area (Å²) in [6.07, 6.45) is 2.14. The van der Waals surface area contributed by atoms with Crippen LogP contribution in [0.15, 0.2) is 29.3 Å². The van der Waals surface area contributed by atoms with Crippen LogP contribution in [0.4, 0.5) is 0 Å². The lowest BCUT2D eigenvalue weighted by atomic mass is 9.98. The molecule has 0 saturated carbocycles. The van der Waals surface area contributed by atoms with Gasteiger partial charge in [0.05, 0.1) is 12.9 Å². The fourth-order valence-electron chi connectivity index (χ4n) is 2.17. The first kappa shape index (κ1) is 20.3. The van der Waals surface area contributed by atoms with Crippen LogP contribution in [0.3, 0.4) is 0 Å². The second-order valence-corrected chi connectivity index (χ2v) is 8.04. The van der Waals surface area contributed by atoms with Crippen LogP contribution in [0.25, 0.3) is 0 Å². The molecule has 1 aromatic rings. The van der Waals surface area contributed by atoms with E-state index in [0.29, 0.717) is 25.0 Å². The zero-order valence-corrected chi connectivity index (χ0v) is 15.8. The Morgan fingerprint density at radius 2 is 1.92 bits per heavy atom. The number of hydrogen-bond donors (Lipinski definition) is 2. The maximum atomic E-state index is 11.2. The van der Waals surface area contributed by atoms with Gasteiger partial charge in [-0.1, -0.05) is 19.1 Å². The normalized spacial score (nSPS) is 13.4. The molecular formula is C17H29N3O3S. The maximum absolute atomic E-state index is 11.2. The minimum absolute atomic E-state index is 0.0969. The third-order valence-corrected chi connectivity index (χ3v) is 4.57. The van der Waals surface area contributed by atoms with Crippen LogP contribution in [-0.2, 0) is 9.84 Å². The molecule has 1 atom stereocenters. The second-order valence-electron chi connectivity index (χ2n) is 5.78. The number of nitrogens with one attached hydrogen (secondary N) is 2. The standard InChI is InChI=1S/C17H29N3O3S/c1-5-18-17(20-12-13-24(4,21)22)19-11-10-14(2)15-6-8-16(23-3)9-7-15/h6-9,14H,5,10-13H2,1-4H3,(H2,18,19,20). The first-order valence-corrected chi connectivity index (χ1v) is 10.3. The molecule has 0 aliphatic heterocycles. The van der Waals surface area contributed by atoms with E-state index in [4.69, 9.17) is 4.74 Å². The summed E-state index contributed by atoms with van der Waals surface area (Å²) in [6, 6.07) is 8.07. The highest BCUT2D eigenvalue weighted by atomic mass is 32.2. The Morgan fingerprint density at radius 3 is 2.46 bits per heavy atom. The number of nitrogens with zero attached hydrogens (tertiary/aromatic N) is 1. The van der Waals surface area contributed by atoms with Crippen molar-refractivity contribution < 1.29 is 13.2 Å². The Hall–Kier alpha value is -1.76. The van der Waals surface area contributed by atoms with Crippen LogP contribution in [0.5, 0.6) is 5.75 Å². The SMILES string of the molecule is CCNC(=NCCC(C)c1ccc(OC)cc1)NCCS(C)(=O)=O. The van der Waals surface area contributed by atoms with E-state index in [-0.39, 0.29) is 5.75 Å². The van der Waals surface area contributed by atoms with Crippen LogP contribution in [-0.4, -0.2) is 53.1 Å². The van der Waals surface area contributed by atoms with E-state index in [0.717, 1.165) is 18.7 Å². The molecule has 1 rings (SSSR count). The third kappa shape index (κ3) is 8.19. The number of guanidine groups is 1. The van der Waals surface area contributed by atoms with E-state index in [1.807, 2.05) is 19.1 Å². The van der Waals surface area contributed by atoms with Crippen LogP contribution in [0.1, 0.15) is 31.7 Å². The third-order valence-electron chi connectivity index (χ3n) is 3.63. The van der Waals surface area contributed by atoms with Gasteiger partial charge in [-0.05, 0) is 37.0 Å². The quantitative estimate of drug-likeness (QED) is 0.521. The number of rotatable bonds is 9. The molecule has 0 amide bonds. The number of aliphatic imine (C=N–C) groups is 1. The van der Waals surface area contributed by atoms with Crippen molar-refractivity contribution in [1.82, 2.24) is 10.6 Å². The molecule has 0 heterocycles. The molecule has 136 valence electrons. The predicted molar refractivity (Wildman–Crippen MR) is 99.7 cm³/mol. The van der Waals surface area contributed by atoms with Gasteiger partial charge in [0, 0.05) is 25.9 Å². The van der Waals surface area contributed by atoms with Gasteiger partial charge in [0.1, 0.15) is 15.6 Å². The van der Waals surface area contributed by atoms with Crippen LogP contribution < -0.4 is 15.4 Å². The highest BCUT2D eigenvalue weighted by Gasteiger charge is 2.06. The van der Waals surface area contributed by atoms with Gasteiger partial charge in [-0.25, -0.2) is 8.42 Å². The largest absolute Gasteiger partial charge is 0.497 e. The van der Waals surface area contributed by atoms with E-state index >= 15 is 0 Å². The monoisotopic (exact) mass is 355 g/mol. The molecule has 7 heteroatoms. The van der Waals surface area contributed by atoms with Crippen molar-refractivity contribution in [1.29, 1.82) is 0 Å². The molecule has 0 spiro atoms. The first-order valence-electron chi connectivity index (χ1n) is 8.19. The average molecular weight is 356 g/mol. The molecule has 0 radical (unpaired) electrons. The minimum Gasteiger partial charge on any atom is -0.497 e. The van der Waals surface area contributed by atoms with Crippen LogP contribution in [0.2, 0.25) is 0 Å². The summed E-state index contributed by atoms with van der Waals surface area (Å²) in [5.74, 6) is 2.00. The fourth-order valence-corrected chi connectivity index (χ4v) is 2.64. The highest BCUT2D eigenvalue weighted by molar-refractivity contribution is 7.90. The van der Waals surface area contributed by atoms with Crippen LogP contribution in [0, 0.1) is 0 Å². The van der Waals surface area contributed by atoms with Gasteiger partial charge < -0.3 is 15.4 Å². The highest BCUT2D eigenvalue weighted by Crippen LogP contribution is 2.21. The second kappa shape index (κ2) is 10.2. The van der Waals surface area contributed by atoms with Crippen molar-refractivity contribution in [2.45, 2.75) is 26.2 Å². The van der Waals surface area contributed by atoms with E-state index in [2.05, 4.69) is 34.7 Å². The van der Waals surface area contributed by atoms with Gasteiger partial charge in [-0.2, -0.15) is 0 Å². The summed E-state index contributed by atoms with van der Waals surface area (Å²) < 4.78 is 27.5. The molecule has 0 fully saturated rings. The Morgan fingerprint density at radius 1 is 1.25 bits per heavy atom. The Labute approximate surface area is 145 Å². The van der Waals surface area contributed by atoms with Gasteiger partial charge in [0.25, 0.3) is 0 Å². The number of benzene rings is 1. The molecular weight excluding hydrogens is 326 g/mol. The fraction of sp³-hybridized carbons (Fsp3) is 0.588.